The van der Waals surface area contributed by atoms with Crippen LogP contribution < -0.4 is 0 Å². The molecule has 2 heterocycles. The molecule has 0 spiro atoms. The summed E-state index contributed by atoms with van der Waals surface area (Å²) in [4.78, 5) is 5.94. The van der Waals surface area contributed by atoms with Gasteiger partial charge in [-0.3, -0.25) is 0 Å². The Hall–Kier alpha value is -2.58. The topological polar surface area (TPSA) is 15.8 Å². The Morgan fingerprint density at radius 2 is 1.32 bits per heavy atom. The molecule has 0 amide bonds. The third kappa shape index (κ3) is 4.82. The summed E-state index contributed by atoms with van der Waals surface area (Å²) in [5.74, 6) is 0. The van der Waals surface area contributed by atoms with Gasteiger partial charge in [-0.25, -0.2) is 0 Å². The fourth-order valence-electron chi connectivity index (χ4n) is 3.51. The van der Waals surface area contributed by atoms with Gasteiger partial charge in [-0.05, 0) is 98.8 Å². The lowest BCUT2D eigenvalue weighted by Gasteiger charge is -2.06. The van der Waals surface area contributed by atoms with Crippen LogP contribution in [0.3, 0.4) is 0 Å². The van der Waals surface area contributed by atoms with E-state index in [-0.39, 0.29) is 0 Å². The number of benzene rings is 2. The van der Waals surface area contributed by atoms with E-state index in [1.54, 1.807) is 0 Å². The molecule has 0 aliphatic heterocycles. The second-order valence-electron chi connectivity index (χ2n) is 7.56. The third-order valence-electron chi connectivity index (χ3n) is 4.83. The first-order chi connectivity index (χ1) is 13.3. The summed E-state index contributed by atoms with van der Waals surface area (Å²) in [5, 5.41) is 2.79. The third-order valence-corrected chi connectivity index (χ3v) is 5.75. The Kier molecular flexibility index (Phi) is 6.21. The van der Waals surface area contributed by atoms with Gasteiger partial charge in [-0.2, -0.15) is 0 Å². The van der Waals surface area contributed by atoms with Crippen LogP contribution >= 0.6 is 11.3 Å². The van der Waals surface area contributed by atoms with Crippen molar-refractivity contribution in [2.75, 3.05) is 0 Å². The maximum absolute atomic E-state index is 3.14. The number of hydrogen-bond donors (Lipinski definition) is 1. The van der Waals surface area contributed by atoms with E-state index >= 15 is 0 Å². The number of rotatable bonds is 0. The summed E-state index contributed by atoms with van der Waals surface area (Å²) in [6.07, 6.45) is 4.45. The second kappa shape index (κ2) is 8.62. The molecule has 1 aliphatic rings. The minimum atomic E-state index is 1.23. The van der Waals surface area contributed by atoms with E-state index in [4.69, 9.17) is 0 Å². The van der Waals surface area contributed by atoms with Gasteiger partial charge in [0, 0.05) is 21.1 Å². The van der Waals surface area contributed by atoms with Crippen LogP contribution in [0.5, 0.6) is 0 Å². The van der Waals surface area contributed by atoms with E-state index in [1.807, 2.05) is 25.2 Å². The SMILES string of the molecule is Cc1cc2c3c(c(C)ccc3c1)C=C2.Cc1ccc(C)[nH]1.Cc1ccc(C)s1. The monoisotopic (exact) mass is 387 g/mol. The summed E-state index contributed by atoms with van der Waals surface area (Å²) < 4.78 is 0. The molecule has 4 aromatic rings. The van der Waals surface area contributed by atoms with Crippen molar-refractivity contribution in [3.63, 3.8) is 0 Å². The Morgan fingerprint density at radius 1 is 0.679 bits per heavy atom. The molecular weight excluding hydrogens is 358 g/mol. The lowest BCUT2D eigenvalue weighted by atomic mass is 9.99. The molecule has 5 rings (SSSR count). The highest BCUT2D eigenvalue weighted by Crippen LogP contribution is 2.34. The van der Waals surface area contributed by atoms with Crippen molar-refractivity contribution in [3.05, 3.63) is 91.9 Å². The Morgan fingerprint density at radius 3 is 1.82 bits per heavy atom. The number of aromatic amines is 1. The Labute approximate surface area is 172 Å². The molecule has 1 N–H and O–H groups in total. The van der Waals surface area contributed by atoms with Gasteiger partial charge in [0.05, 0.1) is 0 Å². The first-order valence-corrected chi connectivity index (χ1v) is 10.5. The molecule has 0 saturated heterocycles. The minimum Gasteiger partial charge on any atom is -0.363 e. The molecule has 1 aliphatic carbocycles. The van der Waals surface area contributed by atoms with E-state index < -0.39 is 0 Å². The maximum Gasteiger partial charge on any atom is 0.0117 e. The highest BCUT2D eigenvalue weighted by atomic mass is 32.1. The van der Waals surface area contributed by atoms with Gasteiger partial charge < -0.3 is 4.98 Å². The molecule has 2 heteroatoms. The fourth-order valence-corrected chi connectivity index (χ4v) is 4.29. The molecule has 0 unspecified atom stereocenters. The summed E-state index contributed by atoms with van der Waals surface area (Å²) in [5.41, 5.74) is 7.96. The van der Waals surface area contributed by atoms with Gasteiger partial charge in [0.25, 0.3) is 0 Å². The van der Waals surface area contributed by atoms with E-state index in [0.29, 0.717) is 0 Å². The quantitative estimate of drug-likeness (QED) is 0.277. The van der Waals surface area contributed by atoms with Gasteiger partial charge >= 0.3 is 0 Å². The number of aromatic nitrogens is 1. The Bertz CT molecular complexity index is 1050. The second-order valence-corrected chi connectivity index (χ2v) is 9.05. The molecule has 0 atom stereocenters. The predicted molar refractivity (Wildman–Crippen MR) is 126 cm³/mol. The summed E-state index contributed by atoms with van der Waals surface area (Å²) in [6.45, 7) is 12.7. The molecule has 0 saturated carbocycles. The zero-order valence-corrected chi connectivity index (χ0v) is 18.5. The van der Waals surface area contributed by atoms with Crippen molar-refractivity contribution in [2.24, 2.45) is 0 Å². The molecule has 0 radical (unpaired) electrons. The summed E-state index contributed by atoms with van der Waals surface area (Å²) >= 11 is 1.84. The molecular formula is C26H29NS. The fraction of sp³-hybridized carbons (Fsp3) is 0.231. The number of hydrogen-bond acceptors (Lipinski definition) is 1. The minimum absolute atomic E-state index is 1.23. The van der Waals surface area contributed by atoms with Gasteiger partial charge in [-0.15, -0.1) is 11.3 Å². The van der Waals surface area contributed by atoms with Crippen LogP contribution in [0.2, 0.25) is 0 Å². The molecule has 28 heavy (non-hydrogen) atoms. The lowest BCUT2D eigenvalue weighted by molar-refractivity contribution is 1.19. The van der Waals surface area contributed by atoms with Crippen LogP contribution in [-0.4, -0.2) is 4.98 Å². The largest absolute Gasteiger partial charge is 0.363 e. The van der Waals surface area contributed by atoms with Crippen LogP contribution in [-0.2, 0) is 0 Å². The zero-order valence-electron chi connectivity index (χ0n) is 17.7. The maximum atomic E-state index is 3.14. The summed E-state index contributed by atoms with van der Waals surface area (Å²) in [6, 6.07) is 17.3. The van der Waals surface area contributed by atoms with Gasteiger partial charge in [-0.1, -0.05) is 36.4 Å². The Balaban J connectivity index is 0.000000136. The molecule has 0 bridgehead atoms. The molecule has 2 aromatic carbocycles. The van der Waals surface area contributed by atoms with Crippen molar-refractivity contribution in [3.8, 4) is 0 Å². The lowest BCUT2D eigenvalue weighted by Crippen LogP contribution is -1.84. The number of aryl methyl sites for hydroxylation is 6. The highest BCUT2D eigenvalue weighted by molar-refractivity contribution is 7.11. The predicted octanol–water partition coefficient (Wildman–Crippen LogP) is 7.94. The molecule has 144 valence electrons. The van der Waals surface area contributed by atoms with Crippen molar-refractivity contribution < 1.29 is 0 Å². The van der Waals surface area contributed by atoms with Crippen molar-refractivity contribution in [2.45, 2.75) is 41.5 Å². The van der Waals surface area contributed by atoms with Gasteiger partial charge in [0.2, 0.25) is 0 Å². The number of H-pyrrole nitrogens is 1. The van der Waals surface area contributed by atoms with Crippen LogP contribution in [0.4, 0.5) is 0 Å². The number of thiophene rings is 1. The first-order valence-electron chi connectivity index (χ1n) is 9.71. The van der Waals surface area contributed by atoms with Crippen molar-refractivity contribution in [1.29, 1.82) is 0 Å². The zero-order chi connectivity index (χ0) is 20.3. The average Bonchev–Trinajstić information content (AvgIpc) is 3.34. The molecule has 2 aromatic heterocycles. The highest BCUT2D eigenvalue weighted by Gasteiger charge is 2.10. The van der Waals surface area contributed by atoms with E-state index in [2.05, 4.69) is 93.4 Å². The van der Waals surface area contributed by atoms with Crippen LogP contribution in [0.15, 0.2) is 48.5 Å². The van der Waals surface area contributed by atoms with Crippen LogP contribution in [0, 0.1) is 41.5 Å². The normalized spacial score (nSPS) is 11.1. The average molecular weight is 388 g/mol. The molecule has 0 fully saturated rings. The molecule has 1 nitrogen and oxygen atoms in total. The van der Waals surface area contributed by atoms with Gasteiger partial charge in [0.1, 0.15) is 0 Å². The smallest absolute Gasteiger partial charge is 0.0117 e. The van der Waals surface area contributed by atoms with Crippen molar-refractivity contribution >= 4 is 34.3 Å². The first kappa shape index (κ1) is 20.2. The standard InChI is InChI=1S/C14H12.C6H9N.C6H8S/c1-9-7-11-4-3-10(2)13-6-5-12(8-9)14(11)13;2*1-5-3-4-6(2)7-5/h3-8H,1-2H3;3-4,7H,1-2H3;3-4H,1-2H3. The number of nitrogens with one attached hydrogen (secondary N) is 1. The van der Waals surface area contributed by atoms with E-state index in [1.165, 1.54) is 54.2 Å². The van der Waals surface area contributed by atoms with Crippen molar-refractivity contribution in [1.82, 2.24) is 4.98 Å². The van der Waals surface area contributed by atoms with Crippen LogP contribution in [0.1, 0.15) is 43.4 Å². The summed E-state index contributed by atoms with van der Waals surface area (Å²) in [7, 11) is 0. The van der Waals surface area contributed by atoms with Gasteiger partial charge in [0.15, 0.2) is 0 Å². The van der Waals surface area contributed by atoms with Crippen LogP contribution in [0.25, 0.3) is 22.9 Å². The van der Waals surface area contributed by atoms with E-state index in [9.17, 15) is 0 Å². The van der Waals surface area contributed by atoms with E-state index in [0.717, 1.165) is 0 Å².